The van der Waals surface area contributed by atoms with Crippen LogP contribution >= 0.6 is 0 Å². The average molecular weight is 421 g/mol. The molecule has 0 amide bonds. The van der Waals surface area contributed by atoms with E-state index in [1.165, 1.54) is 0 Å². The molecule has 2 aromatic rings. The van der Waals surface area contributed by atoms with Gasteiger partial charge in [0.1, 0.15) is 11.5 Å². The Morgan fingerprint density at radius 3 is 1.58 bits per heavy atom. The van der Waals surface area contributed by atoms with Gasteiger partial charge in [0.15, 0.2) is 0 Å². The second-order valence-corrected chi connectivity index (χ2v) is 8.94. The van der Waals surface area contributed by atoms with Crippen molar-refractivity contribution < 1.29 is 19.1 Å². The van der Waals surface area contributed by atoms with Crippen molar-refractivity contribution in [3.8, 4) is 11.5 Å². The van der Waals surface area contributed by atoms with Gasteiger partial charge in [-0.1, -0.05) is 63.1 Å². The van der Waals surface area contributed by atoms with Crippen molar-refractivity contribution in [3.05, 3.63) is 59.7 Å². The van der Waals surface area contributed by atoms with E-state index in [0.29, 0.717) is 11.5 Å². The molecule has 0 saturated heterocycles. The lowest BCUT2D eigenvalue weighted by Gasteiger charge is -2.28. The number of esters is 2. The highest BCUT2D eigenvalue weighted by Gasteiger charge is 2.55. The molecule has 31 heavy (non-hydrogen) atoms. The van der Waals surface area contributed by atoms with E-state index in [1.54, 1.807) is 0 Å². The van der Waals surface area contributed by atoms with Crippen LogP contribution in [0.2, 0.25) is 0 Å². The molecule has 4 atom stereocenters. The van der Waals surface area contributed by atoms with E-state index in [1.807, 2.05) is 48.5 Å². The first kappa shape index (κ1) is 21.6. The van der Waals surface area contributed by atoms with Gasteiger partial charge in [0.25, 0.3) is 0 Å². The van der Waals surface area contributed by atoms with Gasteiger partial charge >= 0.3 is 11.9 Å². The minimum absolute atomic E-state index is 0.208. The van der Waals surface area contributed by atoms with Gasteiger partial charge in [0.05, 0.1) is 11.8 Å². The molecule has 4 rings (SSSR count). The molecule has 4 nitrogen and oxygen atoms in total. The van der Waals surface area contributed by atoms with Crippen molar-refractivity contribution in [2.24, 2.45) is 23.7 Å². The molecule has 4 unspecified atom stereocenters. The number of fused-ring (bicyclic) bond motifs is 2. The van der Waals surface area contributed by atoms with Crippen LogP contribution in [0.4, 0.5) is 0 Å². The van der Waals surface area contributed by atoms with Gasteiger partial charge in [-0.3, -0.25) is 9.59 Å². The standard InChI is InChI=1S/C27H32O4/c1-3-9-18-11-5-7-13-22(18)30-26(28)24-20-15-16-21(17-20)25(24)27(29)31-23-14-8-6-12-19(23)10-4-2/h5-8,11-14,20-21,24-25H,3-4,9-10,15-17H2,1-2H3. The molecular formula is C27H32O4. The summed E-state index contributed by atoms with van der Waals surface area (Å²) in [4.78, 5) is 26.5. The second-order valence-electron chi connectivity index (χ2n) is 8.94. The van der Waals surface area contributed by atoms with Crippen LogP contribution in [0.5, 0.6) is 11.5 Å². The third kappa shape index (κ3) is 4.53. The van der Waals surface area contributed by atoms with Gasteiger partial charge in [0, 0.05) is 0 Å². The Kier molecular flexibility index (Phi) is 6.74. The highest BCUT2D eigenvalue weighted by molar-refractivity contribution is 5.86. The van der Waals surface area contributed by atoms with Crippen molar-refractivity contribution in [1.29, 1.82) is 0 Å². The number of rotatable bonds is 8. The minimum Gasteiger partial charge on any atom is -0.426 e. The molecule has 164 valence electrons. The van der Waals surface area contributed by atoms with E-state index in [-0.39, 0.29) is 23.8 Å². The number of benzene rings is 2. The van der Waals surface area contributed by atoms with E-state index in [9.17, 15) is 9.59 Å². The van der Waals surface area contributed by atoms with Crippen LogP contribution in [0.15, 0.2) is 48.5 Å². The maximum Gasteiger partial charge on any atom is 0.315 e. The zero-order chi connectivity index (χ0) is 21.8. The lowest BCUT2D eigenvalue weighted by molar-refractivity contribution is -0.153. The molecule has 0 radical (unpaired) electrons. The molecule has 0 heterocycles. The maximum atomic E-state index is 13.3. The Balaban J connectivity index is 1.53. The number of hydrogen-bond donors (Lipinski definition) is 0. The Morgan fingerprint density at radius 2 is 1.16 bits per heavy atom. The molecular weight excluding hydrogens is 388 g/mol. The Hall–Kier alpha value is -2.62. The number of hydrogen-bond acceptors (Lipinski definition) is 4. The first-order chi connectivity index (χ1) is 15.1. The predicted octanol–water partition coefficient (Wildman–Crippen LogP) is 5.76. The van der Waals surface area contributed by atoms with Crippen LogP contribution in [0.25, 0.3) is 0 Å². The highest BCUT2D eigenvalue weighted by atomic mass is 16.5. The number of para-hydroxylation sites is 2. The summed E-state index contributed by atoms with van der Waals surface area (Å²) in [5, 5.41) is 0. The van der Waals surface area contributed by atoms with Crippen LogP contribution in [0.3, 0.4) is 0 Å². The summed E-state index contributed by atoms with van der Waals surface area (Å²) in [6, 6.07) is 15.4. The first-order valence-corrected chi connectivity index (χ1v) is 11.7. The normalized spacial score (nSPS) is 24.2. The summed E-state index contributed by atoms with van der Waals surface area (Å²) in [5.74, 6) is 0.270. The Morgan fingerprint density at radius 1 is 0.742 bits per heavy atom. The molecule has 2 bridgehead atoms. The summed E-state index contributed by atoms with van der Waals surface area (Å²) < 4.78 is 11.8. The highest BCUT2D eigenvalue weighted by Crippen LogP contribution is 2.53. The number of aryl methyl sites for hydroxylation is 2. The summed E-state index contributed by atoms with van der Waals surface area (Å²) >= 11 is 0. The molecule has 4 heteroatoms. The molecule has 0 aliphatic heterocycles. The van der Waals surface area contributed by atoms with Crippen molar-refractivity contribution in [2.45, 2.75) is 58.8 Å². The smallest absolute Gasteiger partial charge is 0.315 e. The van der Waals surface area contributed by atoms with Crippen LogP contribution in [0, 0.1) is 23.7 Å². The summed E-state index contributed by atoms with van der Waals surface area (Å²) in [6.45, 7) is 4.22. The Labute approximate surface area is 185 Å². The maximum absolute atomic E-state index is 13.3. The van der Waals surface area contributed by atoms with Gasteiger partial charge in [-0.15, -0.1) is 0 Å². The molecule has 2 saturated carbocycles. The lowest BCUT2D eigenvalue weighted by atomic mass is 9.79. The molecule has 0 N–H and O–H groups in total. The molecule has 2 aromatic carbocycles. The largest absolute Gasteiger partial charge is 0.426 e. The van der Waals surface area contributed by atoms with E-state index in [2.05, 4.69) is 13.8 Å². The molecule has 2 aliphatic rings. The quantitative estimate of drug-likeness (QED) is 0.402. The molecule has 2 aliphatic carbocycles. The van der Waals surface area contributed by atoms with E-state index in [4.69, 9.17) is 9.47 Å². The monoisotopic (exact) mass is 420 g/mol. The molecule has 2 fully saturated rings. The Bertz CT molecular complexity index is 859. The summed E-state index contributed by atoms with van der Waals surface area (Å²) in [7, 11) is 0. The third-order valence-electron chi connectivity index (χ3n) is 6.87. The zero-order valence-electron chi connectivity index (χ0n) is 18.5. The third-order valence-corrected chi connectivity index (χ3v) is 6.87. The summed E-state index contributed by atoms with van der Waals surface area (Å²) in [6.07, 6.45) is 6.56. The SMILES string of the molecule is CCCc1ccccc1OC(=O)C1C2CCC(C2)C1C(=O)Oc1ccccc1CCC. The minimum atomic E-state index is -0.417. The fourth-order valence-electron chi connectivity index (χ4n) is 5.48. The van der Waals surface area contributed by atoms with Crippen molar-refractivity contribution in [1.82, 2.24) is 0 Å². The van der Waals surface area contributed by atoms with Gasteiger partial charge in [-0.05, 0) is 67.2 Å². The van der Waals surface area contributed by atoms with Gasteiger partial charge in [-0.25, -0.2) is 0 Å². The zero-order valence-corrected chi connectivity index (χ0v) is 18.5. The van der Waals surface area contributed by atoms with Gasteiger partial charge in [0.2, 0.25) is 0 Å². The van der Waals surface area contributed by atoms with E-state index < -0.39 is 11.8 Å². The fraction of sp³-hybridized carbons (Fsp3) is 0.481. The van der Waals surface area contributed by atoms with Crippen LogP contribution < -0.4 is 9.47 Å². The lowest BCUT2D eigenvalue weighted by Crippen LogP contribution is -2.39. The van der Waals surface area contributed by atoms with Crippen LogP contribution in [-0.4, -0.2) is 11.9 Å². The van der Waals surface area contributed by atoms with Gasteiger partial charge < -0.3 is 9.47 Å². The molecule has 0 spiro atoms. The van der Waals surface area contributed by atoms with E-state index in [0.717, 1.165) is 56.1 Å². The van der Waals surface area contributed by atoms with E-state index >= 15 is 0 Å². The molecule has 0 aromatic heterocycles. The van der Waals surface area contributed by atoms with Gasteiger partial charge in [-0.2, -0.15) is 0 Å². The topological polar surface area (TPSA) is 52.6 Å². The van der Waals surface area contributed by atoms with Crippen LogP contribution in [0.1, 0.15) is 57.1 Å². The average Bonchev–Trinajstić information content (AvgIpc) is 3.39. The number of carbonyl (C=O) groups is 2. The number of ether oxygens (including phenoxy) is 2. The van der Waals surface area contributed by atoms with Crippen molar-refractivity contribution >= 4 is 11.9 Å². The summed E-state index contributed by atoms with van der Waals surface area (Å²) in [5.41, 5.74) is 2.07. The van der Waals surface area contributed by atoms with Crippen LogP contribution in [-0.2, 0) is 22.4 Å². The fourth-order valence-corrected chi connectivity index (χ4v) is 5.48. The second kappa shape index (κ2) is 9.67. The van der Waals surface area contributed by atoms with Crippen molar-refractivity contribution in [2.75, 3.05) is 0 Å². The van der Waals surface area contributed by atoms with Crippen molar-refractivity contribution in [3.63, 3.8) is 0 Å². The number of carbonyl (C=O) groups excluding carboxylic acids is 2. The predicted molar refractivity (Wildman–Crippen MR) is 120 cm³/mol. The first-order valence-electron chi connectivity index (χ1n) is 11.7.